The number of thioether (sulfide) groups is 1. The first-order chi connectivity index (χ1) is 10.1. The van der Waals surface area contributed by atoms with Crippen molar-refractivity contribution in [1.82, 2.24) is 5.32 Å². The molecule has 6 heteroatoms. The number of carbonyl (C=O) groups excluding carboxylic acids is 3. The van der Waals surface area contributed by atoms with Crippen molar-refractivity contribution in [3.63, 3.8) is 0 Å². The van der Waals surface area contributed by atoms with E-state index in [0.29, 0.717) is 17.4 Å². The molecule has 2 aromatic rings. The van der Waals surface area contributed by atoms with Crippen LogP contribution in [0.25, 0.3) is 10.8 Å². The number of imide groups is 1. The standard InChI is InChI=1S/C15H10N2O3S/c18-13(8-12-14(19)17-15(20)21-12)16-11-7-3-5-9-4-1-2-6-10(9)11/h1-8H,(H,16,18)(H,17,19,20)/b12-8-. The average Bonchev–Trinajstić information content (AvgIpc) is 2.77. The van der Waals surface area contributed by atoms with Crippen LogP contribution in [0.1, 0.15) is 0 Å². The summed E-state index contributed by atoms with van der Waals surface area (Å²) in [6.45, 7) is 0. The lowest BCUT2D eigenvalue weighted by Gasteiger charge is -2.06. The minimum Gasteiger partial charge on any atom is -0.322 e. The number of hydrogen-bond donors (Lipinski definition) is 2. The topological polar surface area (TPSA) is 75.3 Å². The van der Waals surface area contributed by atoms with Crippen molar-refractivity contribution in [2.24, 2.45) is 0 Å². The zero-order valence-corrected chi connectivity index (χ0v) is 11.6. The van der Waals surface area contributed by atoms with E-state index < -0.39 is 17.1 Å². The molecule has 1 fully saturated rings. The third-order valence-electron chi connectivity index (χ3n) is 2.95. The molecule has 2 N–H and O–H groups in total. The molecule has 104 valence electrons. The fourth-order valence-corrected chi connectivity index (χ4v) is 2.70. The molecule has 3 rings (SSSR count). The smallest absolute Gasteiger partial charge is 0.290 e. The van der Waals surface area contributed by atoms with Gasteiger partial charge in [0.15, 0.2) is 0 Å². The van der Waals surface area contributed by atoms with Gasteiger partial charge in [0.2, 0.25) is 5.91 Å². The Balaban J connectivity index is 1.86. The molecule has 1 heterocycles. The highest BCUT2D eigenvalue weighted by molar-refractivity contribution is 8.18. The number of hydrogen-bond acceptors (Lipinski definition) is 4. The first-order valence-corrected chi connectivity index (χ1v) is 6.99. The number of benzene rings is 2. The summed E-state index contributed by atoms with van der Waals surface area (Å²) in [5, 5.41) is 6.28. The monoisotopic (exact) mass is 298 g/mol. The van der Waals surface area contributed by atoms with Gasteiger partial charge in [0.1, 0.15) is 0 Å². The van der Waals surface area contributed by atoms with E-state index in [2.05, 4.69) is 10.6 Å². The van der Waals surface area contributed by atoms with Gasteiger partial charge in [-0.25, -0.2) is 0 Å². The van der Waals surface area contributed by atoms with Crippen LogP contribution in [-0.2, 0) is 9.59 Å². The number of amides is 3. The Labute approximate surface area is 124 Å². The van der Waals surface area contributed by atoms with Crippen LogP contribution in [0.15, 0.2) is 53.4 Å². The highest BCUT2D eigenvalue weighted by Crippen LogP contribution is 2.25. The van der Waals surface area contributed by atoms with E-state index in [1.54, 1.807) is 6.07 Å². The third-order valence-corrected chi connectivity index (χ3v) is 3.76. The van der Waals surface area contributed by atoms with Gasteiger partial charge in [-0.05, 0) is 23.2 Å². The van der Waals surface area contributed by atoms with Crippen molar-refractivity contribution in [2.45, 2.75) is 0 Å². The highest BCUT2D eigenvalue weighted by atomic mass is 32.2. The van der Waals surface area contributed by atoms with Crippen LogP contribution >= 0.6 is 11.8 Å². The fraction of sp³-hybridized carbons (Fsp3) is 0. The Morgan fingerprint density at radius 3 is 2.62 bits per heavy atom. The minimum absolute atomic E-state index is 0.0951. The number of carbonyl (C=O) groups is 3. The molecular weight excluding hydrogens is 288 g/mol. The second-order valence-electron chi connectivity index (χ2n) is 4.37. The first kappa shape index (κ1) is 13.4. The molecule has 0 aliphatic carbocycles. The van der Waals surface area contributed by atoms with Gasteiger partial charge in [-0.2, -0.15) is 0 Å². The molecule has 0 saturated carbocycles. The lowest BCUT2D eigenvalue weighted by molar-refractivity contribution is -0.116. The maximum absolute atomic E-state index is 12.0. The molecule has 3 amide bonds. The van der Waals surface area contributed by atoms with Gasteiger partial charge in [-0.3, -0.25) is 19.7 Å². The van der Waals surface area contributed by atoms with Crippen molar-refractivity contribution >= 4 is 45.3 Å². The summed E-state index contributed by atoms with van der Waals surface area (Å²) in [7, 11) is 0. The van der Waals surface area contributed by atoms with Crippen LogP contribution in [0.4, 0.5) is 10.5 Å². The molecule has 1 aliphatic heterocycles. The summed E-state index contributed by atoms with van der Waals surface area (Å²) in [6.07, 6.45) is 1.13. The van der Waals surface area contributed by atoms with E-state index >= 15 is 0 Å². The van der Waals surface area contributed by atoms with Crippen LogP contribution in [-0.4, -0.2) is 17.1 Å². The van der Waals surface area contributed by atoms with Gasteiger partial charge < -0.3 is 5.32 Å². The molecule has 0 bridgehead atoms. The average molecular weight is 298 g/mol. The van der Waals surface area contributed by atoms with Gasteiger partial charge in [0, 0.05) is 17.1 Å². The van der Waals surface area contributed by atoms with Crippen molar-refractivity contribution in [3.8, 4) is 0 Å². The normalized spacial score (nSPS) is 16.3. The molecule has 1 aliphatic rings. The summed E-state index contributed by atoms with van der Waals surface area (Å²) < 4.78 is 0. The first-order valence-electron chi connectivity index (χ1n) is 6.17. The zero-order chi connectivity index (χ0) is 14.8. The third kappa shape index (κ3) is 2.80. The predicted octanol–water partition coefficient (Wildman–Crippen LogP) is 2.65. The van der Waals surface area contributed by atoms with Crippen LogP contribution < -0.4 is 10.6 Å². The number of rotatable bonds is 2. The van der Waals surface area contributed by atoms with Gasteiger partial charge in [-0.1, -0.05) is 36.4 Å². The van der Waals surface area contributed by atoms with Crippen molar-refractivity contribution in [1.29, 1.82) is 0 Å². The van der Waals surface area contributed by atoms with E-state index in [1.807, 2.05) is 36.4 Å². The van der Waals surface area contributed by atoms with E-state index in [0.717, 1.165) is 16.8 Å². The van der Waals surface area contributed by atoms with E-state index in [4.69, 9.17) is 0 Å². The van der Waals surface area contributed by atoms with Crippen LogP contribution in [0.5, 0.6) is 0 Å². The second kappa shape index (κ2) is 5.41. The Kier molecular flexibility index (Phi) is 3.45. The van der Waals surface area contributed by atoms with Gasteiger partial charge >= 0.3 is 0 Å². The Hall–Kier alpha value is -2.60. The summed E-state index contributed by atoms with van der Waals surface area (Å²) in [5.41, 5.74) is 0.657. The van der Waals surface area contributed by atoms with Crippen molar-refractivity contribution in [3.05, 3.63) is 53.4 Å². The number of nitrogens with one attached hydrogen (secondary N) is 2. The van der Waals surface area contributed by atoms with Crippen molar-refractivity contribution in [2.75, 3.05) is 5.32 Å². The number of fused-ring (bicyclic) bond motifs is 1. The van der Waals surface area contributed by atoms with Crippen LogP contribution in [0.2, 0.25) is 0 Å². The molecule has 0 aromatic heterocycles. The van der Waals surface area contributed by atoms with E-state index in [1.165, 1.54) is 0 Å². The van der Waals surface area contributed by atoms with E-state index in [9.17, 15) is 14.4 Å². The van der Waals surface area contributed by atoms with Gasteiger partial charge in [0.05, 0.1) is 4.91 Å². The molecular formula is C15H10N2O3S. The molecule has 0 radical (unpaired) electrons. The maximum atomic E-state index is 12.0. The molecule has 0 unspecified atom stereocenters. The van der Waals surface area contributed by atoms with Crippen molar-refractivity contribution < 1.29 is 14.4 Å². The lowest BCUT2D eigenvalue weighted by Crippen LogP contribution is -2.18. The fourth-order valence-electron chi connectivity index (χ4n) is 2.04. The molecule has 0 atom stereocenters. The predicted molar refractivity (Wildman–Crippen MR) is 81.8 cm³/mol. The minimum atomic E-state index is -0.543. The maximum Gasteiger partial charge on any atom is 0.290 e. The molecule has 0 spiro atoms. The largest absolute Gasteiger partial charge is 0.322 e. The van der Waals surface area contributed by atoms with Crippen LogP contribution in [0, 0.1) is 0 Å². The summed E-state index contributed by atoms with van der Waals surface area (Å²) in [6, 6.07) is 13.2. The quantitative estimate of drug-likeness (QED) is 0.836. The van der Waals surface area contributed by atoms with Gasteiger partial charge in [-0.15, -0.1) is 0 Å². The highest BCUT2D eigenvalue weighted by Gasteiger charge is 2.25. The van der Waals surface area contributed by atoms with Crippen LogP contribution in [0.3, 0.4) is 0 Å². The Bertz CT molecular complexity index is 793. The SMILES string of the molecule is O=C(/C=C1\SC(=O)NC1=O)Nc1cccc2ccccc12. The summed E-state index contributed by atoms with van der Waals surface area (Å²) in [4.78, 5) is 34.5. The Morgan fingerprint density at radius 2 is 1.86 bits per heavy atom. The molecule has 2 aromatic carbocycles. The zero-order valence-electron chi connectivity index (χ0n) is 10.8. The molecule has 5 nitrogen and oxygen atoms in total. The Morgan fingerprint density at radius 1 is 1.10 bits per heavy atom. The summed E-state index contributed by atoms with van der Waals surface area (Å²) in [5.74, 6) is -0.989. The van der Waals surface area contributed by atoms with Gasteiger partial charge in [0.25, 0.3) is 11.1 Å². The molecule has 1 saturated heterocycles. The lowest BCUT2D eigenvalue weighted by atomic mass is 10.1. The van der Waals surface area contributed by atoms with E-state index in [-0.39, 0.29) is 4.91 Å². The summed E-state index contributed by atoms with van der Waals surface area (Å²) >= 11 is 0.717. The molecule has 21 heavy (non-hydrogen) atoms. The second-order valence-corrected chi connectivity index (χ2v) is 5.38. The number of anilines is 1.